The van der Waals surface area contributed by atoms with Crippen molar-refractivity contribution in [3.63, 3.8) is 0 Å². The third-order valence-corrected chi connectivity index (χ3v) is 6.19. The van der Waals surface area contributed by atoms with E-state index in [0.29, 0.717) is 16.5 Å². The summed E-state index contributed by atoms with van der Waals surface area (Å²) in [6.07, 6.45) is 0.124. The van der Waals surface area contributed by atoms with Crippen molar-refractivity contribution in [2.45, 2.75) is 25.9 Å². The molecule has 3 aromatic carbocycles. The fourth-order valence-electron chi connectivity index (χ4n) is 3.89. The summed E-state index contributed by atoms with van der Waals surface area (Å²) in [7, 11) is 0. The molecule has 0 saturated carbocycles. The number of aryl methyl sites for hydroxylation is 1. The SMILES string of the molecule is Cc1cccc(-c2ccc(CN(C(=O)c3ccc(Cl)cc3Cl)C(Cc3ccccc3)C(=O)O)o2)c1. The summed E-state index contributed by atoms with van der Waals surface area (Å²) in [5, 5.41) is 10.7. The first-order chi connectivity index (χ1) is 16.8. The Morgan fingerprint density at radius 1 is 0.943 bits per heavy atom. The van der Waals surface area contributed by atoms with Crippen LogP contribution in [0.4, 0.5) is 0 Å². The average Bonchev–Trinajstić information content (AvgIpc) is 3.30. The Morgan fingerprint density at radius 2 is 1.71 bits per heavy atom. The van der Waals surface area contributed by atoms with Gasteiger partial charge in [-0.05, 0) is 48.9 Å². The van der Waals surface area contributed by atoms with Crippen LogP contribution < -0.4 is 0 Å². The van der Waals surface area contributed by atoms with Crippen LogP contribution >= 0.6 is 23.2 Å². The van der Waals surface area contributed by atoms with Gasteiger partial charge in [0.1, 0.15) is 17.6 Å². The zero-order chi connectivity index (χ0) is 24.9. The normalized spacial score (nSPS) is 11.7. The molecule has 4 rings (SSSR count). The van der Waals surface area contributed by atoms with Gasteiger partial charge in [0, 0.05) is 17.0 Å². The molecule has 1 heterocycles. The molecule has 35 heavy (non-hydrogen) atoms. The molecule has 178 valence electrons. The van der Waals surface area contributed by atoms with Crippen molar-refractivity contribution in [2.24, 2.45) is 0 Å². The molecular formula is C28H23Cl2NO4. The number of hydrogen-bond acceptors (Lipinski definition) is 3. The number of benzene rings is 3. The maximum Gasteiger partial charge on any atom is 0.326 e. The highest BCUT2D eigenvalue weighted by Crippen LogP contribution is 2.27. The lowest BCUT2D eigenvalue weighted by Gasteiger charge is -2.29. The summed E-state index contributed by atoms with van der Waals surface area (Å²) in [4.78, 5) is 27.3. The lowest BCUT2D eigenvalue weighted by molar-refractivity contribution is -0.142. The van der Waals surface area contributed by atoms with E-state index < -0.39 is 17.9 Å². The van der Waals surface area contributed by atoms with Gasteiger partial charge in [-0.1, -0.05) is 77.3 Å². The van der Waals surface area contributed by atoms with Gasteiger partial charge in [0.25, 0.3) is 5.91 Å². The van der Waals surface area contributed by atoms with E-state index in [9.17, 15) is 14.7 Å². The van der Waals surface area contributed by atoms with E-state index >= 15 is 0 Å². The molecule has 1 aromatic heterocycles. The smallest absolute Gasteiger partial charge is 0.326 e. The summed E-state index contributed by atoms with van der Waals surface area (Å²) in [5.74, 6) is -0.559. The Kier molecular flexibility index (Phi) is 7.59. The van der Waals surface area contributed by atoms with Gasteiger partial charge in [-0.2, -0.15) is 0 Å². The van der Waals surface area contributed by atoms with Gasteiger partial charge >= 0.3 is 5.97 Å². The standard InChI is InChI=1S/C28H23Cl2NO4/c1-18-6-5-9-20(14-18)26-13-11-22(35-26)17-31(27(32)23-12-10-21(29)16-24(23)30)25(28(33)34)15-19-7-3-2-4-8-19/h2-14,16,25H,15,17H2,1H3,(H,33,34). The molecule has 4 aromatic rings. The zero-order valence-electron chi connectivity index (χ0n) is 18.9. The van der Waals surface area contributed by atoms with E-state index in [2.05, 4.69) is 0 Å². The Balaban J connectivity index is 1.70. The minimum absolute atomic E-state index is 0.0482. The van der Waals surface area contributed by atoms with Crippen molar-refractivity contribution in [2.75, 3.05) is 0 Å². The maximum absolute atomic E-state index is 13.6. The topological polar surface area (TPSA) is 70.8 Å². The van der Waals surface area contributed by atoms with Crippen molar-refractivity contribution in [3.8, 4) is 11.3 Å². The van der Waals surface area contributed by atoms with E-state index in [1.807, 2.05) is 67.6 Å². The van der Waals surface area contributed by atoms with Gasteiger partial charge in [-0.3, -0.25) is 4.79 Å². The van der Waals surface area contributed by atoms with Crippen LogP contribution in [0.3, 0.4) is 0 Å². The molecule has 0 aliphatic carbocycles. The van der Waals surface area contributed by atoms with Gasteiger partial charge in [-0.15, -0.1) is 0 Å². The summed E-state index contributed by atoms with van der Waals surface area (Å²) >= 11 is 12.3. The Hall–Kier alpha value is -3.54. The molecule has 0 saturated heterocycles. The maximum atomic E-state index is 13.6. The van der Waals surface area contributed by atoms with Gasteiger partial charge in [0.05, 0.1) is 17.1 Å². The zero-order valence-corrected chi connectivity index (χ0v) is 20.5. The first kappa shape index (κ1) is 24.6. The number of carboxylic acid groups (broad SMARTS) is 1. The lowest BCUT2D eigenvalue weighted by atomic mass is 10.0. The fraction of sp³-hybridized carbons (Fsp3) is 0.143. The first-order valence-electron chi connectivity index (χ1n) is 11.0. The van der Waals surface area contributed by atoms with Crippen LogP contribution in [0.25, 0.3) is 11.3 Å². The molecule has 5 nitrogen and oxygen atoms in total. The number of hydrogen-bond donors (Lipinski definition) is 1. The number of nitrogens with zero attached hydrogens (tertiary/aromatic N) is 1. The number of carboxylic acids is 1. The second kappa shape index (κ2) is 10.8. The number of halogens is 2. The van der Waals surface area contributed by atoms with Crippen LogP contribution in [0.2, 0.25) is 10.0 Å². The number of carbonyl (C=O) groups is 2. The van der Waals surface area contributed by atoms with Crippen LogP contribution in [0.15, 0.2) is 89.3 Å². The molecule has 0 spiro atoms. The molecule has 1 unspecified atom stereocenters. The highest BCUT2D eigenvalue weighted by molar-refractivity contribution is 6.36. The van der Waals surface area contributed by atoms with Crippen molar-refractivity contribution in [3.05, 3.63) is 117 Å². The van der Waals surface area contributed by atoms with Crippen molar-refractivity contribution in [1.29, 1.82) is 0 Å². The predicted octanol–water partition coefficient (Wildman–Crippen LogP) is 6.90. The second-order valence-corrected chi connectivity index (χ2v) is 9.08. The molecule has 0 aliphatic heterocycles. The molecule has 1 atom stereocenters. The van der Waals surface area contributed by atoms with Crippen LogP contribution in [-0.2, 0) is 17.8 Å². The van der Waals surface area contributed by atoms with Gasteiger partial charge in [0.15, 0.2) is 0 Å². The predicted molar refractivity (Wildman–Crippen MR) is 137 cm³/mol. The van der Waals surface area contributed by atoms with Crippen LogP contribution in [0, 0.1) is 6.92 Å². The molecule has 7 heteroatoms. The minimum Gasteiger partial charge on any atom is -0.480 e. The number of rotatable bonds is 8. The van der Waals surface area contributed by atoms with Crippen LogP contribution in [0.1, 0.15) is 27.2 Å². The quantitative estimate of drug-likeness (QED) is 0.281. The molecule has 1 N–H and O–H groups in total. The van der Waals surface area contributed by atoms with Crippen LogP contribution in [0.5, 0.6) is 0 Å². The molecule has 0 fully saturated rings. The summed E-state index contributed by atoms with van der Waals surface area (Å²) in [5.41, 5.74) is 2.94. The molecule has 1 amide bonds. The monoisotopic (exact) mass is 507 g/mol. The number of aliphatic carboxylic acids is 1. The van der Waals surface area contributed by atoms with Gasteiger partial charge in [-0.25, -0.2) is 4.79 Å². The Bertz CT molecular complexity index is 1350. The van der Waals surface area contributed by atoms with E-state index in [1.54, 1.807) is 12.1 Å². The Labute approximate surface area is 213 Å². The Morgan fingerprint density at radius 3 is 2.40 bits per heavy atom. The summed E-state index contributed by atoms with van der Waals surface area (Å²) in [6, 6.07) is 24.0. The van der Waals surface area contributed by atoms with E-state index in [1.165, 1.54) is 17.0 Å². The van der Waals surface area contributed by atoms with Crippen molar-refractivity contribution < 1.29 is 19.1 Å². The average molecular weight is 508 g/mol. The van der Waals surface area contributed by atoms with Crippen molar-refractivity contribution in [1.82, 2.24) is 4.90 Å². The lowest BCUT2D eigenvalue weighted by Crippen LogP contribution is -2.46. The number of carbonyl (C=O) groups excluding carboxylic acids is 1. The second-order valence-electron chi connectivity index (χ2n) is 8.24. The van der Waals surface area contributed by atoms with Gasteiger partial charge in [0.2, 0.25) is 0 Å². The van der Waals surface area contributed by atoms with Crippen molar-refractivity contribution >= 4 is 35.1 Å². The van der Waals surface area contributed by atoms with E-state index in [0.717, 1.165) is 16.7 Å². The van der Waals surface area contributed by atoms with E-state index in [4.69, 9.17) is 27.6 Å². The van der Waals surface area contributed by atoms with Gasteiger partial charge < -0.3 is 14.4 Å². The first-order valence-corrected chi connectivity index (χ1v) is 11.8. The van der Waals surface area contributed by atoms with E-state index in [-0.39, 0.29) is 23.6 Å². The summed E-state index contributed by atoms with van der Waals surface area (Å²) < 4.78 is 6.03. The highest BCUT2D eigenvalue weighted by atomic mass is 35.5. The van der Waals surface area contributed by atoms with Crippen LogP contribution in [-0.4, -0.2) is 27.9 Å². The number of amides is 1. The third-order valence-electron chi connectivity index (χ3n) is 5.65. The molecule has 0 radical (unpaired) electrons. The summed E-state index contributed by atoms with van der Waals surface area (Å²) in [6.45, 7) is 1.94. The molecular weight excluding hydrogens is 485 g/mol. The third kappa shape index (κ3) is 5.94. The number of furan rings is 1. The fourth-order valence-corrected chi connectivity index (χ4v) is 4.38. The largest absolute Gasteiger partial charge is 0.480 e. The molecule has 0 bridgehead atoms. The minimum atomic E-state index is -1.15. The molecule has 0 aliphatic rings. The highest BCUT2D eigenvalue weighted by Gasteiger charge is 2.32.